The molecule has 1 aromatic heterocycles. The smallest absolute Gasteiger partial charge is 0.261 e. The van der Waals surface area contributed by atoms with Gasteiger partial charge in [-0.2, -0.15) is 0 Å². The van der Waals surface area contributed by atoms with E-state index in [0.29, 0.717) is 11.6 Å². The summed E-state index contributed by atoms with van der Waals surface area (Å²) in [4.78, 5) is 4.57. The van der Waals surface area contributed by atoms with Crippen LogP contribution in [0.3, 0.4) is 0 Å². The van der Waals surface area contributed by atoms with E-state index in [2.05, 4.69) is 9.71 Å². The molecule has 6 heteroatoms. The molecule has 0 amide bonds. The molecule has 0 radical (unpaired) electrons. The molecule has 0 bridgehead atoms. The van der Waals surface area contributed by atoms with Gasteiger partial charge in [0.1, 0.15) is 5.76 Å². The number of nitrogens with one attached hydrogen (secondary N) is 1. The van der Waals surface area contributed by atoms with Crippen LogP contribution in [0.1, 0.15) is 17.0 Å². The number of hydrogen-bond donors (Lipinski definition) is 1. The number of aryl methyl sites for hydroxylation is 3. The number of benzene rings is 2. The van der Waals surface area contributed by atoms with E-state index >= 15 is 0 Å². The largest absolute Gasteiger partial charge is 0.441 e. The van der Waals surface area contributed by atoms with Crippen LogP contribution in [-0.2, 0) is 10.0 Å². The monoisotopic (exact) mass is 342 g/mol. The van der Waals surface area contributed by atoms with Crippen LogP contribution in [0.5, 0.6) is 0 Å². The van der Waals surface area contributed by atoms with Crippen molar-refractivity contribution in [3.05, 3.63) is 65.5 Å². The molecule has 3 rings (SSSR count). The van der Waals surface area contributed by atoms with E-state index in [1.54, 1.807) is 48.5 Å². The van der Waals surface area contributed by atoms with Gasteiger partial charge in [0, 0.05) is 11.3 Å². The van der Waals surface area contributed by atoms with Crippen LogP contribution in [0.2, 0.25) is 0 Å². The molecule has 0 aliphatic carbocycles. The minimum atomic E-state index is -3.60. The van der Waals surface area contributed by atoms with Gasteiger partial charge in [0.15, 0.2) is 0 Å². The van der Waals surface area contributed by atoms with Crippen LogP contribution in [0, 0.1) is 20.8 Å². The van der Waals surface area contributed by atoms with Gasteiger partial charge in [0.2, 0.25) is 5.89 Å². The first-order valence-corrected chi connectivity index (χ1v) is 8.97. The summed E-state index contributed by atoms with van der Waals surface area (Å²) in [5, 5.41) is 0. The predicted molar refractivity (Wildman–Crippen MR) is 93.4 cm³/mol. The van der Waals surface area contributed by atoms with Crippen LogP contribution in [0.25, 0.3) is 11.5 Å². The Morgan fingerprint density at radius 3 is 2.08 bits per heavy atom. The van der Waals surface area contributed by atoms with Gasteiger partial charge < -0.3 is 4.42 Å². The molecule has 1 N–H and O–H groups in total. The SMILES string of the molecule is Cc1ccc(S(=O)(=O)Nc2ccc(-c3nc(C)c(C)o3)cc2)cc1. The molecule has 3 aromatic rings. The third-order valence-electron chi connectivity index (χ3n) is 3.74. The van der Waals surface area contributed by atoms with Gasteiger partial charge in [0.25, 0.3) is 10.0 Å². The fraction of sp³-hybridized carbons (Fsp3) is 0.167. The van der Waals surface area contributed by atoms with Crippen LogP contribution in [-0.4, -0.2) is 13.4 Å². The zero-order chi connectivity index (χ0) is 17.3. The third-order valence-corrected chi connectivity index (χ3v) is 5.14. The van der Waals surface area contributed by atoms with Crippen LogP contribution in [0.4, 0.5) is 5.69 Å². The molecule has 0 fully saturated rings. The maximum atomic E-state index is 12.4. The van der Waals surface area contributed by atoms with E-state index in [1.807, 2.05) is 20.8 Å². The molecule has 2 aromatic carbocycles. The molecule has 0 saturated carbocycles. The highest BCUT2D eigenvalue weighted by Gasteiger charge is 2.14. The number of oxazole rings is 1. The van der Waals surface area contributed by atoms with Gasteiger partial charge in [-0.15, -0.1) is 0 Å². The first-order valence-electron chi connectivity index (χ1n) is 7.49. The Hall–Kier alpha value is -2.60. The zero-order valence-electron chi connectivity index (χ0n) is 13.7. The Kier molecular flexibility index (Phi) is 4.15. The van der Waals surface area contributed by atoms with Crippen molar-refractivity contribution >= 4 is 15.7 Å². The minimum absolute atomic E-state index is 0.233. The van der Waals surface area contributed by atoms with E-state index < -0.39 is 10.0 Å². The second kappa shape index (κ2) is 6.13. The predicted octanol–water partition coefficient (Wildman–Crippen LogP) is 4.07. The van der Waals surface area contributed by atoms with Gasteiger partial charge >= 0.3 is 0 Å². The molecule has 1 heterocycles. The molecule has 0 unspecified atom stereocenters. The van der Waals surface area contributed by atoms with Crippen molar-refractivity contribution in [2.75, 3.05) is 4.72 Å². The summed E-state index contributed by atoms with van der Waals surface area (Å²) in [7, 11) is -3.60. The fourth-order valence-electron chi connectivity index (χ4n) is 2.21. The second-order valence-electron chi connectivity index (χ2n) is 5.66. The summed E-state index contributed by atoms with van der Waals surface area (Å²) in [6, 6.07) is 13.6. The summed E-state index contributed by atoms with van der Waals surface area (Å²) in [5.41, 5.74) is 3.13. The van der Waals surface area contributed by atoms with Gasteiger partial charge in [-0.05, 0) is 57.2 Å². The maximum Gasteiger partial charge on any atom is 0.261 e. The highest BCUT2D eigenvalue weighted by atomic mass is 32.2. The van der Waals surface area contributed by atoms with E-state index in [9.17, 15) is 8.42 Å². The summed E-state index contributed by atoms with van der Waals surface area (Å²) in [6.45, 7) is 5.65. The first-order chi connectivity index (χ1) is 11.3. The molecular weight excluding hydrogens is 324 g/mol. The van der Waals surface area contributed by atoms with Crippen molar-refractivity contribution in [1.82, 2.24) is 4.98 Å². The molecule has 0 aliphatic heterocycles. The lowest BCUT2D eigenvalue weighted by molar-refractivity contribution is 0.541. The average molecular weight is 342 g/mol. The van der Waals surface area contributed by atoms with Crippen molar-refractivity contribution in [3.63, 3.8) is 0 Å². The lowest BCUT2D eigenvalue weighted by Gasteiger charge is -2.08. The molecule has 0 atom stereocenters. The molecular formula is C18H18N2O3S. The number of sulfonamides is 1. The Balaban J connectivity index is 1.82. The number of hydrogen-bond acceptors (Lipinski definition) is 4. The third kappa shape index (κ3) is 3.33. The van der Waals surface area contributed by atoms with Crippen LogP contribution < -0.4 is 4.72 Å². The Morgan fingerprint density at radius 1 is 0.917 bits per heavy atom. The zero-order valence-corrected chi connectivity index (χ0v) is 14.5. The lowest BCUT2D eigenvalue weighted by atomic mass is 10.2. The normalized spacial score (nSPS) is 11.5. The van der Waals surface area contributed by atoms with E-state index in [1.165, 1.54) is 0 Å². The highest BCUT2D eigenvalue weighted by Crippen LogP contribution is 2.24. The summed E-state index contributed by atoms with van der Waals surface area (Å²) in [5.74, 6) is 1.30. The summed E-state index contributed by atoms with van der Waals surface area (Å²) < 4.78 is 32.9. The van der Waals surface area contributed by atoms with Crippen molar-refractivity contribution in [2.45, 2.75) is 25.7 Å². The molecule has 5 nitrogen and oxygen atoms in total. The number of aromatic nitrogens is 1. The van der Waals surface area contributed by atoms with Crippen LogP contribution >= 0.6 is 0 Å². The highest BCUT2D eigenvalue weighted by molar-refractivity contribution is 7.92. The Morgan fingerprint density at radius 2 is 1.54 bits per heavy atom. The lowest BCUT2D eigenvalue weighted by Crippen LogP contribution is -2.12. The van der Waals surface area contributed by atoms with E-state index in [0.717, 1.165) is 22.6 Å². The van der Waals surface area contributed by atoms with Crippen molar-refractivity contribution < 1.29 is 12.8 Å². The molecule has 0 spiro atoms. The van der Waals surface area contributed by atoms with Gasteiger partial charge in [-0.1, -0.05) is 17.7 Å². The molecule has 0 aliphatic rings. The fourth-order valence-corrected chi connectivity index (χ4v) is 3.27. The average Bonchev–Trinajstić information content (AvgIpc) is 2.87. The van der Waals surface area contributed by atoms with Gasteiger partial charge in [0.05, 0.1) is 10.6 Å². The summed E-state index contributed by atoms with van der Waals surface area (Å²) in [6.07, 6.45) is 0. The Bertz CT molecular complexity index is 937. The number of rotatable bonds is 4. The van der Waals surface area contributed by atoms with Crippen molar-refractivity contribution in [2.24, 2.45) is 0 Å². The maximum absolute atomic E-state index is 12.4. The van der Waals surface area contributed by atoms with Gasteiger partial charge in [-0.25, -0.2) is 13.4 Å². The van der Waals surface area contributed by atoms with E-state index in [4.69, 9.17) is 4.42 Å². The van der Waals surface area contributed by atoms with Crippen molar-refractivity contribution in [3.8, 4) is 11.5 Å². The Labute approximate surface area is 141 Å². The number of anilines is 1. The topological polar surface area (TPSA) is 72.2 Å². The molecule has 24 heavy (non-hydrogen) atoms. The molecule has 124 valence electrons. The minimum Gasteiger partial charge on any atom is -0.441 e. The van der Waals surface area contributed by atoms with Crippen LogP contribution in [0.15, 0.2) is 57.8 Å². The quantitative estimate of drug-likeness (QED) is 0.776. The number of nitrogens with zero attached hydrogens (tertiary/aromatic N) is 1. The standard InChI is InChI=1S/C18H18N2O3S/c1-12-4-10-17(11-5-12)24(21,22)20-16-8-6-15(7-9-16)18-19-13(2)14(3)23-18/h4-11,20H,1-3H3. The van der Waals surface area contributed by atoms with E-state index in [-0.39, 0.29) is 4.90 Å². The first kappa shape index (κ1) is 16.3. The van der Waals surface area contributed by atoms with Gasteiger partial charge in [-0.3, -0.25) is 4.72 Å². The second-order valence-corrected chi connectivity index (χ2v) is 7.34. The summed E-state index contributed by atoms with van der Waals surface area (Å²) >= 11 is 0. The van der Waals surface area contributed by atoms with Crippen molar-refractivity contribution in [1.29, 1.82) is 0 Å². The molecule has 0 saturated heterocycles.